The van der Waals surface area contributed by atoms with Crippen molar-refractivity contribution in [3.05, 3.63) is 29.8 Å². The molecular formula is C13H18N2O3. The van der Waals surface area contributed by atoms with Gasteiger partial charge < -0.3 is 15.4 Å². The van der Waals surface area contributed by atoms with Crippen LogP contribution in [-0.4, -0.2) is 31.6 Å². The second-order valence-corrected chi connectivity index (χ2v) is 3.81. The number of methoxy groups -OCH3 is 1. The van der Waals surface area contributed by atoms with Crippen LogP contribution in [0, 0.1) is 0 Å². The summed E-state index contributed by atoms with van der Waals surface area (Å²) in [6, 6.07) is 6.77. The van der Waals surface area contributed by atoms with E-state index in [-0.39, 0.29) is 11.8 Å². The number of nitrogens with one attached hydrogen (secondary N) is 2. The lowest BCUT2D eigenvalue weighted by Gasteiger charge is -2.11. The van der Waals surface area contributed by atoms with Crippen molar-refractivity contribution >= 4 is 17.5 Å². The molecular weight excluding hydrogens is 232 g/mol. The summed E-state index contributed by atoms with van der Waals surface area (Å²) in [6.07, 6.45) is -0.530. The summed E-state index contributed by atoms with van der Waals surface area (Å²) in [6.45, 7) is 4.07. The largest absolute Gasteiger partial charge is 0.372 e. The van der Waals surface area contributed by atoms with Crippen molar-refractivity contribution in [2.24, 2.45) is 0 Å². The number of benzene rings is 1. The third-order valence-corrected chi connectivity index (χ3v) is 2.45. The van der Waals surface area contributed by atoms with Crippen LogP contribution in [0.2, 0.25) is 0 Å². The van der Waals surface area contributed by atoms with E-state index in [2.05, 4.69) is 10.6 Å². The van der Waals surface area contributed by atoms with Gasteiger partial charge in [-0.05, 0) is 32.0 Å². The maximum Gasteiger partial charge on any atom is 0.253 e. The third-order valence-electron chi connectivity index (χ3n) is 2.45. The van der Waals surface area contributed by atoms with E-state index in [0.29, 0.717) is 17.8 Å². The van der Waals surface area contributed by atoms with Gasteiger partial charge in [-0.1, -0.05) is 6.07 Å². The van der Waals surface area contributed by atoms with Crippen LogP contribution in [0.25, 0.3) is 0 Å². The van der Waals surface area contributed by atoms with Crippen LogP contribution in [0.5, 0.6) is 0 Å². The monoisotopic (exact) mass is 250 g/mol. The SMILES string of the molecule is CCNC(=O)c1cccc(NC(=O)C(C)OC)c1. The predicted molar refractivity (Wildman–Crippen MR) is 69.5 cm³/mol. The molecule has 0 fully saturated rings. The van der Waals surface area contributed by atoms with Crippen molar-refractivity contribution in [2.45, 2.75) is 20.0 Å². The predicted octanol–water partition coefficient (Wildman–Crippen LogP) is 1.41. The van der Waals surface area contributed by atoms with Gasteiger partial charge in [-0.3, -0.25) is 9.59 Å². The quantitative estimate of drug-likeness (QED) is 0.830. The number of anilines is 1. The zero-order chi connectivity index (χ0) is 13.5. The number of amides is 2. The summed E-state index contributed by atoms with van der Waals surface area (Å²) in [5.74, 6) is -0.404. The highest BCUT2D eigenvalue weighted by Crippen LogP contribution is 2.11. The molecule has 0 aliphatic heterocycles. The fourth-order valence-electron chi connectivity index (χ4n) is 1.35. The Balaban J connectivity index is 2.76. The first-order valence-electron chi connectivity index (χ1n) is 5.80. The first kappa shape index (κ1) is 14.2. The van der Waals surface area contributed by atoms with E-state index in [4.69, 9.17) is 4.74 Å². The molecule has 0 heterocycles. The van der Waals surface area contributed by atoms with E-state index in [0.717, 1.165) is 0 Å². The molecule has 1 rings (SSSR count). The van der Waals surface area contributed by atoms with Gasteiger partial charge in [-0.15, -0.1) is 0 Å². The first-order valence-corrected chi connectivity index (χ1v) is 5.80. The van der Waals surface area contributed by atoms with E-state index in [9.17, 15) is 9.59 Å². The van der Waals surface area contributed by atoms with Crippen LogP contribution in [0.15, 0.2) is 24.3 Å². The molecule has 1 atom stereocenters. The smallest absolute Gasteiger partial charge is 0.253 e. The molecule has 0 spiro atoms. The number of hydrogen-bond donors (Lipinski definition) is 2. The number of rotatable bonds is 5. The molecule has 1 aromatic carbocycles. The van der Waals surface area contributed by atoms with Crippen LogP contribution in [-0.2, 0) is 9.53 Å². The number of hydrogen-bond acceptors (Lipinski definition) is 3. The molecule has 18 heavy (non-hydrogen) atoms. The Morgan fingerprint density at radius 2 is 2.11 bits per heavy atom. The van der Waals surface area contributed by atoms with Crippen molar-refractivity contribution in [3.8, 4) is 0 Å². The molecule has 2 N–H and O–H groups in total. The van der Waals surface area contributed by atoms with E-state index >= 15 is 0 Å². The van der Waals surface area contributed by atoms with E-state index in [1.165, 1.54) is 7.11 Å². The van der Waals surface area contributed by atoms with Crippen LogP contribution in [0.1, 0.15) is 24.2 Å². The van der Waals surface area contributed by atoms with Crippen molar-refractivity contribution in [3.63, 3.8) is 0 Å². The molecule has 0 aliphatic rings. The summed E-state index contributed by atoms with van der Waals surface area (Å²) in [7, 11) is 1.47. The van der Waals surface area contributed by atoms with Gasteiger partial charge in [0.05, 0.1) is 0 Å². The molecule has 5 nitrogen and oxygen atoms in total. The van der Waals surface area contributed by atoms with Crippen LogP contribution in [0.3, 0.4) is 0 Å². The third kappa shape index (κ3) is 3.85. The van der Waals surface area contributed by atoms with Gasteiger partial charge in [0.2, 0.25) is 0 Å². The highest BCUT2D eigenvalue weighted by atomic mass is 16.5. The summed E-state index contributed by atoms with van der Waals surface area (Å²) < 4.78 is 4.91. The number of ether oxygens (including phenoxy) is 1. The molecule has 0 saturated heterocycles. The molecule has 98 valence electrons. The maximum absolute atomic E-state index is 11.6. The Kier molecular flexibility index (Phi) is 5.32. The standard InChI is InChI=1S/C13H18N2O3/c1-4-14-13(17)10-6-5-7-11(8-10)15-12(16)9(2)18-3/h5-9H,4H2,1-3H3,(H,14,17)(H,15,16). The van der Waals surface area contributed by atoms with Crippen LogP contribution in [0.4, 0.5) is 5.69 Å². The van der Waals surface area contributed by atoms with Gasteiger partial charge in [-0.2, -0.15) is 0 Å². The van der Waals surface area contributed by atoms with E-state index < -0.39 is 6.10 Å². The summed E-state index contributed by atoms with van der Waals surface area (Å²) >= 11 is 0. The van der Waals surface area contributed by atoms with E-state index in [1.807, 2.05) is 6.92 Å². The Bertz CT molecular complexity index is 432. The average Bonchev–Trinajstić information content (AvgIpc) is 2.38. The second-order valence-electron chi connectivity index (χ2n) is 3.81. The summed E-state index contributed by atoms with van der Waals surface area (Å²) in [5, 5.41) is 5.39. The van der Waals surface area contributed by atoms with Gasteiger partial charge in [0.15, 0.2) is 0 Å². The van der Waals surface area contributed by atoms with Crippen LogP contribution < -0.4 is 10.6 Å². The molecule has 1 aromatic rings. The Hall–Kier alpha value is -1.88. The van der Waals surface area contributed by atoms with Crippen molar-refractivity contribution in [2.75, 3.05) is 19.0 Å². The highest BCUT2D eigenvalue weighted by Gasteiger charge is 2.12. The molecule has 1 unspecified atom stereocenters. The molecule has 0 saturated carbocycles. The maximum atomic E-state index is 11.6. The first-order chi connectivity index (χ1) is 8.58. The number of carbonyl (C=O) groups excluding carboxylic acids is 2. The van der Waals surface area contributed by atoms with Crippen LogP contribution >= 0.6 is 0 Å². The lowest BCUT2D eigenvalue weighted by atomic mass is 10.2. The van der Waals surface area contributed by atoms with Crippen molar-refractivity contribution in [1.29, 1.82) is 0 Å². The fraction of sp³-hybridized carbons (Fsp3) is 0.385. The topological polar surface area (TPSA) is 67.4 Å². The Morgan fingerprint density at radius 3 is 2.72 bits per heavy atom. The van der Waals surface area contributed by atoms with Gasteiger partial charge >= 0.3 is 0 Å². The van der Waals surface area contributed by atoms with E-state index in [1.54, 1.807) is 31.2 Å². The molecule has 0 aromatic heterocycles. The lowest BCUT2D eigenvalue weighted by Crippen LogP contribution is -2.27. The molecule has 0 bridgehead atoms. The molecule has 5 heteroatoms. The molecule has 2 amide bonds. The van der Waals surface area contributed by atoms with Crippen molar-refractivity contribution < 1.29 is 14.3 Å². The zero-order valence-corrected chi connectivity index (χ0v) is 10.8. The lowest BCUT2D eigenvalue weighted by molar-refractivity contribution is -0.124. The van der Waals surface area contributed by atoms with Gasteiger partial charge in [-0.25, -0.2) is 0 Å². The minimum Gasteiger partial charge on any atom is -0.372 e. The number of carbonyl (C=O) groups is 2. The average molecular weight is 250 g/mol. The second kappa shape index (κ2) is 6.76. The molecule has 0 radical (unpaired) electrons. The Morgan fingerprint density at radius 1 is 1.39 bits per heavy atom. The highest BCUT2D eigenvalue weighted by molar-refractivity contribution is 5.98. The van der Waals surface area contributed by atoms with Gasteiger partial charge in [0, 0.05) is 24.9 Å². The minimum atomic E-state index is -0.530. The van der Waals surface area contributed by atoms with Crippen molar-refractivity contribution in [1.82, 2.24) is 5.32 Å². The normalized spacial score (nSPS) is 11.7. The molecule has 0 aliphatic carbocycles. The summed E-state index contributed by atoms with van der Waals surface area (Å²) in [5.41, 5.74) is 1.09. The van der Waals surface area contributed by atoms with Gasteiger partial charge in [0.25, 0.3) is 11.8 Å². The fourth-order valence-corrected chi connectivity index (χ4v) is 1.35. The Labute approximate surface area is 107 Å². The zero-order valence-electron chi connectivity index (χ0n) is 10.8. The minimum absolute atomic E-state index is 0.159. The van der Waals surface area contributed by atoms with Gasteiger partial charge in [0.1, 0.15) is 6.10 Å². The summed E-state index contributed by atoms with van der Waals surface area (Å²) in [4.78, 5) is 23.2.